The first-order chi connectivity index (χ1) is 25.8. The highest BCUT2D eigenvalue weighted by molar-refractivity contribution is 6.22. The van der Waals surface area contributed by atoms with Crippen LogP contribution in [0.15, 0.2) is 175 Å². The first-order valence-electron chi connectivity index (χ1n) is 17.1. The summed E-state index contributed by atoms with van der Waals surface area (Å²) in [5.74, 6) is 2.61. The molecule has 0 spiro atoms. The fourth-order valence-electron chi connectivity index (χ4n) is 7.09. The number of benzene rings is 5. The minimum atomic E-state index is 0.581. The Labute approximate surface area is 298 Å². The fraction of sp³-hybridized carbons (Fsp3) is 0. The van der Waals surface area contributed by atoms with E-state index in [1.54, 1.807) is 24.8 Å². The van der Waals surface area contributed by atoms with E-state index in [1.807, 2.05) is 36.4 Å². The molecule has 244 valence electrons. The number of nitrogens with zero attached hydrogens (tertiary/aromatic N) is 6. The SMILES string of the molecule is c1ccc(-c2oc3c(ccc4c3c3ccccc3n4-c3ccc(-c4nc(-c5ccncc5)nc(-c5ccncc5)n4)cc3)c2-c2ccccc2)cc1. The number of hydrogen-bond donors (Lipinski definition) is 0. The van der Waals surface area contributed by atoms with E-state index in [0.717, 1.165) is 77.6 Å². The first kappa shape index (κ1) is 29.6. The Morgan fingerprint density at radius 2 is 0.942 bits per heavy atom. The molecule has 5 heterocycles. The van der Waals surface area contributed by atoms with Crippen LogP contribution in [-0.2, 0) is 0 Å². The van der Waals surface area contributed by atoms with E-state index in [4.69, 9.17) is 19.4 Å². The van der Waals surface area contributed by atoms with Crippen LogP contribution in [0.5, 0.6) is 0 Å². The molecule has 0 aliphatic carbocycles. The van der Waals surface area contributed by atoms with E-state index >= 15 is 0 Å². The van der Waals surface area contributed by atoms with Gasteiger partial charge in [0, 0.05) is 69.1 Å². The first-order valence-corrected chi connectivity index (χ1v) is 17.1. The lowest BCUT2D eigenvalue weighted by Crippen LogP contribution is -2.00. The molecule has 0 aliphatic rings. The number of furan rings is 1. The zero-order valence-electron chi connectivity index (χ0n) is 27.8. The van der Waals surface area contributed by atoms with Gasteiger partial charge in [0.1, 0.15) is 11.3 Å². The third-order valence-corrected chi connectivity index (χ3v) is 9.49. The zero-order chi connectivity index (χ0) is 34.4. The molecule has 0 unspecified atom stereocenters. The number of pyridine rings is 2. The summed E-state index contributed by atoms with van der Waals surface area (Å²) in [5, 5.41) is 3.29. The molecule has 7 heteroatoms. The van der Waals surface area contributed by atoms with Crippen LogP contribution >= 0.6 is 0 Å². The summed E-state index contributed by atoms with van der Waals surface area (Å²) in [6.07, 6.45) is 6.97. The molecule has 0 saturated heterocycles. The Hall–Kier alpha value is -7.25. The van der Waals surface area contributed by atoms with Gasteiger partial charge in [-0.1, -0.05) is 78.9 Å². The monoisotopic (exact) mass is 668 g/mol. The Kier molecular flexibility index (Phi) is 6.99. The predicted molar refractivity (Wildman–Crippen MR) is 207 cm³/mol. The Morgan fingerprint density at radius 1 is 0.404 bits per heavy atom. The lowest BCUT2D eigenvalue weighted by atomic mass is 9.98. The summed E-state index contributed by atoms with van der Waals surface area (Å²) in [5.41, 5.74) is 9.93. The van der Waals surface area contributed by atoms with Crippen LogP contribution in [0, 0.1) is 0 Å². The van der Waals surface area contributed by atoms with Gasteiger partial charge in [0.2, 0.25) is 0 Å². The van der Waals surface area contributed by atoms with Gasteiger partial charge in [-0.2, -0.15) is 0 Å². The van der Waals surface area contributed by atoms with Crippen molar-refractivity contribution in [3.05, 3.63) is 170 Å². The molecule has 0 radical (unpaired) electrons. The molecule has 0 saturated carbocycles. The Bertz CT molecular complexity index is 2810. The zero-order valence-corrected chi connectivity index (χ0v) is 27.8. The molecule has 0 aliphatic heterocycles. The maximum atomic E-state index is 6.94. The van der Waals surface area contributed by atoms with Crippen molar-refractivity contribution in [3.63, 3.8) is 0 Å². The van der Waals surface area contributed by atoms with Crippen molar-refractivity contribution in [1.29, 1.82) is 0 Å². The van der Waals surface area contributed by atoms with E-state index in [1.165, 1.54) is 0 Å². The minimum Gasteiger partial charge on any atom is -0.455 e. The van der Waals surface area contributed by atoms with Crippen LogP contribution < -0.4 is 0 Å². The third-order valence-electron chi connectivity index (χ3n) is 9.49. The van der Waals surface area contributed by atoms with Crippen molar-refractivity contribution >= 4 is 32.8 Å². The van der Waals surface area contributed by atoms with Gasteiger partial charge in [0.05, 0.1) is 16.4 Å². The van der Waals surface area contributed by atoms with Crippen molar-refractivity contribution in [1.82, 2.24) is 29.5 Å². The maximum Gasteiger partial charge on any atom is 0.164 e. The molecule has 10 aromatic rings. The summed E-state index contributed by atoms with van der Waals surface area (Å²) >= 11 is 0. The smallest absolute Gasteiger partial charge is 0.164 e. The second-order valence-corrected chi connectivity index (χ2v) is 12.6. The van der Waals surface area contributed by atoms with Gasteiger partial charge in [-0.15, -0.1) is 0 Å². The standard InChI is InChI=1S/C45H28N6O/c1-3-9-29(10-4-1)39-36-19-20-38-40(42(36)52-41(39)30-11-5-2-6-12-30)35-13-7-8-14-37(35)51(38)34-17-15-31(16-18-34)43-48-44(32-21-25-46-26-22-32)50-45(49-43)33-23-27-47-28-24-33/h1-28H. The number of fused-ring (bicyclic) bond motifs is 5. The summed E-state index contributed by atoms with van der Waals surface area (Å²) in [6, 6.07) is 49.8. The molecule has 7 nitrogen and oxygen atoms in total. The van der Waals surface area contributed by atoms with Gasteiger partial charge < -0.3 is 8.98 Å². The quantitative estimate of drug-likeness (QED) is 0.175. The molecule has 10 rings (SSSR count). The van der Waals surface area contributed by atoms with Gasteiger partial charge in [0.15, 0.2) is 17.5 Å². The molecule has 0 amide bonds. The Balaban J connectivity index is 1.15. The van der Waals surface area contributed by atoms with E-state index in [0.29, 0.717) is 17.5 Å². The fourth-order valence-corrected chi connectivity index (χ4v) is 7.09. The molecule has 52 heavy (non-hydrogen) atoms. The molecule has 0 fully saturated rings. The normalized spacial score (nSPS) is 11.5. The van der Waals surface area contributed by atoms with Gasteiger partial charge in [0.25, 0.3) is 0 Å². The van der Waals surface area contributed by atoms with Crippen LogP contribution in [0.1, 0.15) is 0 Å². The van der Waals surface area contributed by atoms with Crippen molar-refractivity contribution in [2.45, 2.75) is 0 Å². The lowest BCUT2D eigenvalue weighted by Gasteiger charge is -2.10. The molecule has 0 N–H and O–H groups in total. The van der Waals surface area contributed by atoms with Gasteiger partial charge in [-0.3, -0.25) is 9.97 Å². The summed E-state index contributed by atoms with van der Waals surface area (Å²) in [4.78, 5) is 23.0. The van der Waals surface area contributed by atoms with Crippen LogP contribution in [0.4, 0.5) is 0 Å². The molecule has 5 aromatic carbocycles. The maximum absolute atomic E-state index is 6.94. The average Bonchev–Trinajstić information content (AvgIpc) is 3.78. The molecular weight excluding hydrogens is 641 g/mol. The van der Waals surface area contributed by atoms with Crippen molar-refractivity contribution in [2.24, 2.45) is 0 Å². The minimum absolute atomic E-state index is 0.581. The molecule has 0 atom stereocenters. The molecule has 0 bridgehead atoms. The van der Waals surface area contributed by atoms with Gasteiger partial charge >= 0.3 is 0 Å². The van der Waals surface area contributed by atoms with Crippen LogP contribution in [0.25, 0.3) is 95.1 Å². The highest BCUT2D eigenvalue weighted by atomic mass is 16.3. The largest absolute Gasteiger partial charge is 0.455 e. The highest BCUT2D eigenvalue weighted by Crippen LogP contribution is 2.46. The molecular formula is C45H28N6O. The van der Waals surface area contributed by atoms with Gasteiger partial charge in [-0.25, -0.2) is 15.0 Å². The van der Waals surface area contributed by atoms with Crippen molar-refractivity contribution < 1.29 is 4.42 Å². The van der Waals surface area contributed by atoms with E-state index in [9.17, 15) is 0 Å². The predicted octanol–water partition coefficient (Wildman–Crippen LogP) is 10.8. The van der Waals surface area contributed by atoms with Crippen LogP contribution in [0.3, 0.4) is 0 Å². The number of para-hydroxylation sites is 1. The summed E-state index contributed by atoms with van der Waals surface area (Å²) in [7, 11) is 0. The summed E-state index contributed by atoms with van der Waals surface area (Å²) in [6.45, 7) is 0. The van der Waals surface area contributed by atoms with Crippen LogP contribution in [0.2, 0.25) is 0 Å². The summed E-state index contributed by atoms with van der Waals surface area (Å²) < 4.78 is 9.24. The lowest BCUT2D eigenvalue weighted by molar-refractivity contribution is 0.636. The number of hydrogen-bond acceptors (Lipinski definition) is 6. The van der Waals surface area contributed by atoms with Crippen LogP contribution in [-0.4, -0.2) is 29.5 Å². The average molecular weight is 669 g/mol. The van der Waals surface area contributed by atoms with E-state index < -0.39 is 0 Å². The number of rotatable bonds is 6. The van der Waals surface area contributed by atoms with Gasteiger partial charge in [-0.05, 0) is 72.3 Å². The molecule has 5 aromatic heterocycles. The van der Waals surface area contributed by atoms with E-state index in [2.05, 4.69) is 124 Å². The second-order valence-electron chi connectivity index (χ2n) is 12.6. The second kappa shape index (κ2) is 12.3. The van der Waals surface area contributed by atoms with Crippen molar-refractivity contribution in [2.75, 3.05) is 0 Å². The third kappa shape index (κ3) is 4.95. The van der Waals surface area contributed by atoms with E-state index in [-0.39, 0.29) is 0 Å². The highest BCUT2D eigenvalue weighted by Gasteiger charge is 2.23. The Morgan fingerprint density at radius 3 is 1.56 bits per heavy atom. The number of aromatic nitrogens is 6. The topological polar surface area (TPSA) is 82.5 Å². The van der Waals surface area contributed by atoms with Crippen molar-refractivity contribution in [3.8, 4) is 62.3 Å².